The first-order valence-corrected chi connectivity index (χ1v) is 9.10. The summed E-state index contributed by atoms with van der Waals surface area (Å²) in [5, 5.41) is 2.98. The molecule has 6 nitrogen and oxygen atoms in total. The molecule has 1 aromatic rings. The second-order valence-corrected chi connectivity index (χ2v) is 6.99. The second-order valence-electron chi connectivity index (χ2n) is 6.99. The van der Waals surface area contributed by atoms with Crippen molar-refractivity contribution in [3.63, 3.8) is 0 Å². The van der Waals surface area contributed by atoms with Crippen LogP contribution in [0.4, 0.5) is 10.5 Å². The Morgan fingerprint density at radius 1 is 1.24 bits per heavy atom. The predicted molar refractivity (Wildman–Crippen MR) is 96.5 cm³/mol. The highest BCUT2D eigenvalue weighted by molar-refractivity contribution is 5.94. The highest BCUT2D eigenvalue weighted by Crippen LogP contribution is 2.22. The monoisotopic (exact) mass is 345 g/mol. The first-order valence-electron chi connectivity index (χ1n) is 9.10. The summed E-state index contributed by atoms with van der Waals surface area (Å²) in [5.41, 5.74) is 1.92. The third-order valence-electron chi connectivity index (χ3n) is 4.70. The largest absolute Gasteiger partial charge is 0.372 e. The van der Waals surface area contributed by atoms with E-state index in [1.807, 2.05) is 43.0 Å². The van der Waals surface area contributed by atoms with Crippen molar-refractivity contribution in [2.75, 3.05) is 24.5 Å². The standard InChI is InChI=1S/C19H27N3O3/c1-14-12-21(13-15(2)25-14)19(24)20-11-16-6-5-7-17(10-16)22-9-4-3-8-18(22)23/h5-7,10,14-15H,3-4,8-9,11-13H2,1-2H3,(H,20,24)/t14-,15+. The number of hydrogen-bond donors (Lipinski definition) is 1. The van der Waals surface area contributed by atoms with E-state index >= 15 is 0 Å². The molecule has 3 rings (SSSR count). The van der Waals surface area contributed by atoms with E-state index in [4.69, 9.17) is 4.74 Å². The number of benzene rings is 1. The Morgan fingerprint density at radius 2 is 2.00 bits per heavy atom. The van der Waals surface area contributed by atoms with Crippen molar-refractivity contribution in [1.29, 1.82) is 0 Å². The Morgan fingerprint density at radius 3 is 2.72 bits per heavy atom. The molecular weight excluding hydrogens is 318 g/mol. The maximum Gasteiger partial charge on any atom is 0.317 e. The number of nitrogens with zero attached hydrogens (tertiary/aromatic N) is 2. The van der Waals surface area contributed by atoms with Gasteiger partial charge in [-0.2, -0.15) is 0 Å². The number of ether oxygens (including phenoxy) is 1. The van der Waals surface area contributed by atoms with Crippen molar-refractivity contribution in [3.05, 3.63) is 29.8 Å². The smallest absolute Gasteiger partial charge is 0.317 e. The SMILES string of the molecule is C[C@@H]1CN(C(=O)NCc2cccc(N3CCCCC3=O)c2)C[C@H](C)O1. The third kappa shape index (κ3) is 4.51. The number of carbonyl (C=O) groups excluding carboxylic acids is 2. The van der Waals surface area contributed by atoms with Crippen molar-refractivity contribution >= 4 is 17.6 Å². The fourth-order valence-electron chi connectivity index (χ4n) is 3.55. The average Bonchev–Trinajstić information content (AvgIpc) is 2.59. The molecule has 1 N–H and O–H groups in total. The quantitative estimate of drug-likeness (QED) is 0.916. The average molecular weight is 345 g/mol. The summed E-state index contributed by atoms with van der Waals surface area (Å²) in [7, 11) is 0. The van der Waals surface area contributed by atoms with Gasteiger partial charge in [-0.1, -0.05) is 12.1 Å². The van der Waals surface area contributed by atoms with E-state index in [1.54, 1.807) is 4.90 Å². The molecule has 3 amide bonds. The number of hydrogen-bond acceptors (Lipinski definition) is 3. The molecule has 0 aromatic heterocycles. The van der Waals surface area contributed by atoms with Crippen LogP contribution in [-0.4, -0.2) is 48.7 Å². The fourth-order valence-corrected chi connectivity index (χ4v) is 3.55. The Hall–Kier alpha value is -2.08. The van der Waals surface area contributed by atoms with Gasteiger partial charge < -0.3 is 19.9 Å². The van der Waals surface area contributed by atoms with Crippen LogP contribution in [0.3, 0.4) is 0 Å². The summed E-state index contributed by atoms with van der Waals surface area (Å²) < 4.78 is 5.66. The summed E-state index contributed by atoms with van der Waals surface area (Å²) in [6.45, 7) is 6.41. The van der Waals surface area contributed by atoms with Gasteiger partial charge in [0, 0.05) is 38.3 Å². The highest BCUT2D eigenvalue weighted by Gasteiger charge is 2.25. The Kier molecular flexibility index (Phi) is 5.58. The lowest BCUT2D eigenvalue weighted by Crippen LogP contribution is -2.51. The van der Waals surface area contributed by atoms with Crippen LogP contribution in [0.1, 0.15) is 38.7 Å². The minimum atomic E-state index is -0.0681. The molecule has 1 aromatic carbocycles. The van der Waals surface area contributed by atoms with Crippen LogP contribution in [0, 0.1) is 0 Å². The summed E-state index contributed by atoms with van der Waals surface area (Å²) in [6.07, 6.45) is 2.75. The van der Waals surface area contributed by atoms with Gasteiger partial charge in [0.1, 0.15) is 0 Å². The van der Waals surface area contributed by atoms with Gasteiger partial charge in [-0.05, 0) is 44.4 Å². The number of carbonyl (C=O) groups is 2. The van der Waals surface area contributed by atoms with Gasteiger partial charge in [-0.15, -0.1) is 0 Å². The molecule has 2 aliphatic heterocycles. The maximum absolute atomic E-state index is 12.4. The number of amides is 3. The van der Waals surface area contributed by atoms with E-state index in [2.05, 4.69) is 5.32 Å². The van der Waals surface area contributed by atoms with Gasteiger partial charge in [0.25, 0.3) is 0 Å². The number of piperidine rings is 1. The second kappa shape index (κ2) is 7.87. The molecule has 25 heavy (non-hydrogen) atoms. The van der Waals surface area contributed by atoms with E-state index < -0.39 is 0 Å². The summed E-state index contributed by atoms with van der Waals surface area (Å²) >= 11 is 0. The zero-order valence-electron chi connectivity index (χ0n) is 15.0. The zero-order valence-corrected chi connectivity index (χ0v) is 15.0. The highest BCUT2D eigenvalue weighted by atomic mass is 16.5. The molecular formula is C19H27N3O3. The zero-order chi connectivity index (χ0) is 17.8. The predicted octanol–water partition coefficient (Wildman–Crippen LogP) is 2.52. The molecule has 6 heteroatoms. The van der Waals surface area contributed by atoms with Crippen molar-refractivity contribution in [3.8, 4) is 0 Å². The Labute approximate surface area is 149 Å². The molecule has 0 radical (unpaired) electrons. The van der Waals surface area contributed by atoms with Crippen LogP contribution < -0.4 is 10.2 Å². The molecule has 2 saturated heterocycles. The van der Waals surface area contributed by atoms with Crippen molar-refractivity contribution in [2.24, 2.45) is 0 Å². The maximum atomic E-state index is 12.4. The third-order valence-corrected chi connectivity index (χ3v) is 4.70. The van der Waals surface area contributed by atoms with Gasteiger partial charge in [0.2, 0.25) is 5.91 Å². The van der Waals surface area contributed by atoms with Gasteiger partial charge >= 0.3 is 6.03 Å². The van der Waals surface area contributed by atoms with Crippen LogP contribution in [0.5, 0.6) is 0 Å². The molecule has 0 spiro atoms. The van der Waals surface area contributed by atoms with Crippen LogP contribution in [0.15, 0.2) is 24.3 Å². The van der Waals surface area contributed by atoms with E-state index in [1.165, 1.54) is 0 Å². The molecule has 0 bridgehead atoms. The van der Waals surface area contributed by atoms with Crippen molar-refractivity contribution in [2.45, 2.75) is 51.9 Å². The lowest BCUT2D eigenvalue weighted by atomic mass is 10.1. The number of morpholine rings is 1. The summed E-state index contributed by atoms with van der Waals surface area (Å²) in [5.74, 6) is 0.184. The molecule has 0 saturated carbocycles. The molecule has 2 heterocycles. The summed E-state index contributed by atoms with van der Waals surface area (Å²) in [6, 6.07) is 7.80. The summed E-state index contributed by atoms with van der Waals surface area (Å²) in [4.78, 5) is 28.1. The first-order chi connectivity index (χ1) is 12.0. The van der Waals surface area contributed by atoms with Crippen LogP contribution in [0.2, 0.25) is 0 Å². The molecule has 2 fully saturated rings. The van der Waals surface area contributed by atoms with Crippen LogP contribution in [0.25, 0.3) is 0 Å². The van der Waals surface area contributed by atoms with Gasteiger partial charge in [-0.25, -0.2) is 4.79 Å². The Bertz CT molecular complexity index is 624. The molecule has 2 atom stereocenters. The number of urea groups is 1. The van der Waals surface area contributed by atoms with E-state index in [-0.39, 0.29) is 24.1 Å². The van der Waals surface area contributed by atoms with Crippen LogP contribution >= 0.6 is 0 Å². The Balaban J connectivity index is 1.59. The minimum Gasteiger partial charge on any atom is -0.372 e. The van der Waals surface area contributed by atoms with E-state index in [0.717, 1.165) is 30.6 Å². The van der Waals surface area contributed by atoms with Gasteiger partial charge in [0.05, 0.1) is 12.2 Å². The van der Waals surface area contributed by atoms with Gasteiger partial charge in [0.15, 0.2) is 0 Å². The first kappa shape index (κ1) is 17.7. The number of nitrogens with one attached hydrogen (secondary N) is 1. The molecule has 2 aliphatic rings. The van der Waals surface area contributed by atoms with Gasteiger partial charge in [-0.3, -0.25) is 4.79 Å². The topological polar surface area (TPSA) is 61.9 Å². The fraction of sp³-hybridized carbons (Fsp3) is 0.579. The van der Waals surface area contributed by atoms with Crippen molar-refractivity contribution in [1.82, 2.24) is 10.2 Å². The van der Waals surface area contributed by atoms with Crippen molar-refractivity contribution < 1.29 is 14.3 Å². The normalized spacial score (nSPS) is 24.3. The number of rotatable bonds is 3. The molecule has 0 unspecified atom stereocenters. The number of anilines is 1. The lowest BCUT2D eigenvalue weighted by molar-refractivity contribution is -0.119. The van der Waals surface area contributed by atoms with Crippen LogP contribution in [-0.2, 0) is 16.1 Å². The van der Waals surface area contributed by atoms with E-state index in [9.17, 15) is 9.59 Å². The lowest BCUT2D eigenvalue weighted by Gasteiger charge is -2.35. The molecule has 136 valence electrons. The minimum absolute atomic E-state index is 0.0583. The molecule has 0 aliphatic carbocycles. The van der Waals surface area contributed by atoms with E-state index in [0.29, 0.717) is 26.1 Å².